The number of rotatable bonds is 5. The highest BCUT2D eigenvalue weighted by Gasteiger charge is 2.27. The fourth-order valence-electron chi connectivity index (χ4n) is 1.77. The van der Waals surface area contributed by atoms with Crippen LogP contribution in [0.4, 0.5) is 18.9 Å². The highest BCUT2D eigenvalue weighted by atomic mass is 32.2. The molecule has 1 amide bonds. The molecule has 2 N–H and O–H groups in total. The van der Waals surface area contributed by atoms with Gasteiger partial charge in [-0.1, -0.05) is 12.1 Å². The molecule has 0 aliphatic rings. The van der Waals surface area contributed by atoms with Crippen LogP contribution in [0.15, 0.2) is 51.0 Å². The standard InChI is InChI=1S/C14H12F3N3O3S/c15-14(16,17)8-24-10-4-2-1-3-9(10)18-12(22)7-20-6-5-11(21)19-13(20)23/h1-6H,7-8H2,(H,18,22)(H,19,21,23). The number of aromatic nitrogens is 2. The molecule has 0 saturated heterocycles. The van der Waals surface area contributed by atoms with Gasteiger partial charge >= 0.3 is 11.9 Å². The van der Waals surface area contributed by atoms with Crippen molar-refractivity contribution in [2.45, 2.75) is 17.6 Å². The first-order valence-corrected chi connectivity index (χ1v) is 7.61. The highest BCUT2D eigenvalue weighted by Crippen LogP contribution is 2.32. The number of aromatic amines is 1. The predicted octanol–water partition coefficient (Wildman–Crippen LogP) is 1.83. The normalized spacial score (nSPS) is 11.3. The van der Waals surface area contributed by atoms with Crippen molar-refractivity contribution < 1.29 is 18.0 Å². The van der Waals surface area contributed by atoms with E-state index in [1.807, 2.05) is 4.98 Å². The van der Waals surface area contributed by atoms with E-state index in [0.717, 1.165) is 16.8 Å². The number of H-pyrrole nitrogens is 1. The van der Waals surface area contributed by atoms with Crippen LogP contribution in [0.5, 0.6) is 0 Å². The number of alkyl halides is 3. The Morgan fingerprint density at radius 2 is 1.92 bits per heavy atom. The smallest absolute Gasteiger partial charge is 0.324 e. The molecule has 6 nitrogen and oxygen atoms in total. The fourth-order valence-corrected chi connectivity index (χ4v) is 2.54. The molecule has 0 unspecified atom stereocenters. The highest BCUT2D eigenvalue weighted by molar-refractivity contribution is 7.99. The molecule has 1 aromatic carbocycles. The molecule has 0 fully saturated rings. The Morgan fingerprint density at radius 1 is 1.21 bits per heavy atom. The third kappa shape index (κ3) is 5.30. The van der Waals surface area contributed by atoms with Gasteiger partial charge in [-0.25, -0.2) is 4.79 Å². The summed E-state index contributed by atoms with van der Waals surface area (Å²) in [6.07, 6.45) is -3.17. The molecule has 128 valence electrons. The molecule has 1 aromatic heterocycles. The Bertz CT molecular complexity index is 845. The van der Waals surface area contributed by atoms with Crippen molar-refractivity contribution in [3.8, 4) is 0 Å². The van der Waals surface area contributed by atoms with Crippen LogP contribution in [-0.4, -0.2) is 27.4 Å². The summed E-state index contributed by atoms with van der Waals surface area (Å²) in [5, 5.41) is 2.46. The second-order valence-electron chi connectivity index (χ2n) is 4.69. The summed E-state index contributed by atoms with van der Waals surface area (Å²) in [7, 11) is 0. The minimum atomic E-state index is -4.33. The van der Waals surface area contributed by atoms with Gasteiger partial charge < -0.3 is 5.32 Å². The minimum Gasteiger partial charge on any atom is -0.324 e. The lowest BCUT2D eigenvalue weighted by atomic mass is 10.3. The zero-order chi connectivity index (χ0) is 17.7. The maximum Gasteiger partial charge on any atom is 0.398 e. The van der Waals surface area contributed by atoms with Gasteiger partial charge in [-0.3, -0.25) is 19.1 Å². The van der Waals surface area contributed by atoms with E-state index in [1.54, 1.807) is 12.1 Å². The summed E-state index contributed by atoms with van der Waals surface area (Å²) in [5.41, 5.74) is -1.13. The summed E-state index contributed by atoms with van der Waals surface area (Å²) < 4.78 is 37.9. The molecule has 1 heterocycles. The van der Waals surface area contributed by atoms with Gasteiger partial charge in [0.2, 0.25) is 5.91 Å². The van der Waals surface area contributed by atoms with Crippen LogP contribution in [0.3, 0.4) is 0 Å². The average molecular weight is 359 g/mol. The number of nitrogens with zero attached hydrogens (tertiary/aromatic N) is 1. The first kappa shape index (κ1) is 17.9. The van der Waals surface area contributed by atoms with Crippen molar-refractivity contribution in [1.29, 1.82) is 0 Å². The number of para-hydroxylation sites is 1. The molecule has 2 rings (SSSR count). The van der Waals surface area contributed by atoms with Crippen molar-refractivity contribution in [3.05, 3.63) is 57.4 Å². The van der Waals surface area contributed by atoms with E-state index in [-0.39, 0.29) is 17.1 Å². The Hall–Kier alpha value is -2.49. The number of halogens is 3. The van der Waals surface area contributed by atoms with E-state index in [4.69, 9.17) is 0 Å². The number of carbonyl (C=O) groups excluding carboxylic acids is 1. The van der Waals surface area contributed by atoms with Gasteiger partial charge in [0.05, 0.1) is 11.4 Å². The van der Waals surface area contributed by atoms with Crippen LogP contribution in [0.1, 0.15) is 0 Å². The van der Waals surface area contributed by atoms with E-state index >= 15 is 0 Å². The maximum atomic E-state index is 12.3. The summed E-state index contributed by atoms with van der Waals surface area (Å²) in [6.45, 7) is -0.381. The lowest BCUT2D eigenvalue weighted by Crippen LogP contribution is -2.32. The Morgan fingerprint density at radius 3 is 2.58 bits per heavy atom. The summed E-state index contributed by atoms with van der Waals surface area (Å²) in [5.74, 6) is -1.69. The topological polar surface area (TPSA) is 84.0 Å². The van der Waals surface area contributed by atoms with E-state index in [9.17, 15) is 27.6 Å². The van der Waals surface area contributed by atoms with Crippen LogP contribution in [0.2, 0.25) is 0 Å². The van der Waals surface area contributed by atoms with Crippen molar-refractivity contribution in [2.75, 3.05) is 11.1 Å². The Labute approximate surface area is 137 Å². The Kier molecular flexibility index (Phi) is 5.50. The number of thioether (sulfide) groups is 1. The van der Waals surface area contributed by atoms with Gasteiger partial charge in [0, 0.05) is 17.2 Å². The van der Waals surface area contributed by atoms with Gasteiger partial charge in [-0.2, -0.15) is 13.2 Å². The number of carbonyl (C=O) groups is 1. The van der Waals surface area contributed by atoms with Crippen LogP contribution in [0.25, 0.3) is 0 Å². The van der Waals surface area contributed by atoms with Crippen LogP contribution in [0, 0.1) is 0 Å². The SMILES string of the molecule is O=C(Cn1ccc(=O)[nH]c1=O)Nc1ccccc1SCC(F)(F)F. The number of amides is 1. The van der Waals surface area contributed by atoms with E-state index in [1.165, 1.54) is 12.1 Å². The lowest BCUT2D eigenvalue weighted by molar-refractivity contribution is -0.116. The van der Waals surface area contributed by atoms with E-state index < -0.39 is 29.1 Å². The number of hydrogen-bond acceptors (Lipinski definition) is 4. The predicted molar refractivity (Wildman–Crippen MR) is 83.2 cm³/mol. The second kappa shape index (κ2) is 7.39. The molecular weight excluding hydrogens is 347 g/mol. The molecular formula is C14H12F3N3O3S. The van der Waals surface area contributed by atoms with Crippen molar-refractivity contribution in [1.82, 2.24) is 9.55 Å². The molecule has 0 bridgehead atoms. The van der Waals surface area contributed by atoms with Gasteiger partial charge in [-0.15, -0.1) is 11.8 Å². The molecule has 0 spiro atoms. The van der Waals surface area contributed by atoms with Gasteiger partial charge in [0.25, 0.3) is 5.56 Å². The summed E-state index contributed by atoms with van der Waals surface area (Å²) in [4.78, 5) is 36.7. The van der Waals surface area contributed by atoms with Crippen LogP contribution < -0.4 is 16.6 Å². The van der Waals surface area contributed by atoms with Crippen molar-refractivity contribution >= 4 is 23.4 Å². The van der Waals surface area contributed by atoms with Crippen LogP contribution in [-0.2, 0) is 11.3 Å². The summed E-state index contributed by atoms with van der Waals surface area (Å²) >= 11 is 0.552. The number of nitrogens with one attached hydrogen (secondary N) is 2. The Balaban J connectivity index is 2.09. The zero-order valence-electron chi connectivity index (χ0n) is 12.1. The molecule has 0 aliphatic heterocycles. The molecule has 0 radical (unpaired) electrons. The minimum absolute atomic E-state index is 0.217. The van der Waals surface area contributed by atoms with Crippen molar-refractivity contribution in [3.63, 3.8) is 0 Å². The number of benzene rings is 1. The quantitative estimate of drug-likeness (QED) is 0.798. The molecule has 0 atom stereocenters. The van der Waals surface area contributed by atoms with E-state index in [0.29, 0.717) is 11.8 Å². The third-order valence-electron chi connectivity index (χ3n) is 2.76. The van der Waals surface area contributed by atoms with Gasteiger partial charge in [-0.05, 0) is 12.1 Å². The first-order valence-electron chi connectivity index (χ1n) is 6.63. The molecule has 24 heavy (non-hydrogen) atoms. The largest absolute Gasteiger partial charge is 0.398 e. The first-order chi connectivity index (χ1) is 11.2. The van der Waals surface area contributed by atoms with Crippen LogP contribution >= 0.6 is 11.8 Å². The second-order valence-corrected chi connectivity index (χ2v) is 5.70. The molecule has 10 heteroatoms. The van der Waals surface area contributed by atoms with Crippen molar-refractivity contribution in [2.24, 2.45) is 0 Å². The number of hydrogen-bond donors (Lipinski definition) is 2. The maximum absolute atomic E-state index is 12.3. The fraction of sp³-hybridized carbons (Fsp3) is 0.214. The van der Waals surface area contributed by atoms with Gasteiger partial charge in [0.15, 0.2) is 0 Å². The van der Waals surface area contributed by atoms with E-state index in [2.05, 4.69) is 5.32 Å². The average Bonchev–Trinajstić information content (AvgIpc) is 2.48. The lowest BCUT2D eigenvalue weighted by Gasteiger charge is -2.12. The zero-order valence-corrected chi connectivity index (χ0v) is 12.9. The summed E-state index contributed by atoms with van der Waals surface area (Å²) in [6, 6.07) is 7.13. The molecule has 2 aromatic rings. The molecule has 0 saturated carbocycles. The monoisotopic (exact) mass is 359 g/mol. The number of anilines is 1. The molecule has 0 aliphatic carbocycles. The van der Waals surface area contributed by atoms with Gasteiger partial charge in [0.1, 0.15) is 6.54 Å². The third-order valence-corrected chi connectivity index (χ3v) is 3.90.